The number of nitrogens with zero attached hydrogens (tertiary/aromatic N) is 1. The summed E-state index contributed by atoms with van der Waals surface area (Å²) in [6.45, 7) is 12.4. The number of rotatable bonds is 6. The summed E-state index contributed by atoms with van der Waals surface area (Å²) < 4.78 is 5.71. The number of ether oxygens (including phenoxy) is 1. The Morgan fingerprint density at radius 1 is 1.25 bits per heavy atom. The minimum Gasteiger partial charge on any atom is -0.491 e. The van der Waals surface area contributed by atoms with E-state index < -0.39 is 0 Å². The minimum absolute atomic E-state index is 0.220. The first-order valence-corrected chi connectivity index (χ1v) is 7.53. The Morgan fingerprint density at radius 3 is 2.45 bits per heavy atom. The van der Waals surface area contributed by atoms with Gasteiger partial charge >= 0.3 is 0 Å². The molecule has 0 spiro atoms. The molecule has 0 bridgehead atoms. The fraction of sp³-hybridized carbons (Fsp3) is 0.529. The lowest BCUT2D eigenvalue weighted by molar-refractivity contribution is 0.174. The van der Waals surface area contributed by atoms with Crippen molar-refractivity contribution in [2.75, 3.05) is 26.2 Å². The van der Waals surface area contributed by atoms with Crippen LogP contribution in [0.3, 0.4) is 0 Å². The molecule has 3 heteroatoms. The number of piperazine rings is 1. The third kappa shape index (κ3) is 4.09. The summed E-state index contributed by atoms with van der Waals surface area (Å²) in [6.07, 6.45) is 3.23. The Morgan fingerprint density at radius 2 is 1.90 bits per heavy atom. The first-order valence-electron chi connectivity index (χ1n) is 7.53. The van der Waals surface area contributed by atoms with Crippen LogP contribution in [-0.2, 0) is 0 Å². The van der Waals surface area contributed by atoms with Crippen LogP contribution in [0.15, 0.2) is 36.9 Å². The summed E-state index contributed by atoms with van der Waals surface area (Å²) in [7, 11) is 0. The molecule has 1 atom stereocenters. The van der Waals surface area contributed by atoms with Crippen LogP contribution in [0.25, 0.3) is 0 Å². The highest BCUT2D eigenvalue weighted by atomic mass is 16.5. The standard InChI is InChI=1S/C17H26N2O/c1-4-5-17(19-12-10-18-11-13-19)15-6-8-16(9-7-15)20-14(2)3/h4,6-9,14,17-18H,1,5,10-13H2,2-3H3/t17-/m0/s1. The van der Waals surface area contributed by atoms with Crippen LogP contribution in [0.4, 0.5) is 0 Å². The lowest BCUT2D eigenvalue weighted by Gasteiger charge is -2.34. The van der Waals surface area contributed by atoms with Gasteiger partial charge in [-0.3, -0.25) is 4.90 Å². The van der Waals surface area contributed by atoms with Gasteiger partial charge < -0.3 is 10.1 Å². The van der Waals surface area contributed by atoms with Crippen LogP contribution in [0.5, 0.6) is 5.75 Å². The molecule has 20 heavy (non-hydrogen) atoms. The predicted molar refractivity (Wildman–Crippen MR) is 84.2 cm³/mol. The summed E-state index contributed by atoms with van der Waals surface area (Å²) in [5.41, 5.74) is 1.35. The molecule has 0 aromatic heterocycles. The molecule has 1 heterocycles. The monoisotopic (exact) mass is 274 g/mol. The molecule has 1 fully saturated rings. The summed E-state index contributed by atoms with van der Waals surface area (Å²) >= 11 is 0. The summed E-state index contributed by atoms with van der Waals surface area (Å²) in [5.74, 6) is 0.946. The Balaban J connectivity index is 2.09. The molecule has 2 rings (SSSR count). The zero-order valence-electron chi connectivity index (χ0n) is 12.6. The summed E-state index contributed by atoms with van der Waals surface area (Å²) in [4.78, 5) is 2.54. The molecule has 3 nitrogen and oxygen atoms in total. The molecule has 0 unspecified atom stereocenters. The molecular weight excluding hydrogens is 248 g/mol. The fourth-order valence-corrected chi connectivity index (χ4v) is 2.69. The maximum atomic E-state index is 5.71. The van der Waals surface area contributed by atoms with Gasteiger partial charge in [0.25, 0.3) is 0 Å². The van der Waals surface area contributed by atoms with Crippen LogP contribution in [-0.4, -0.2) is 37.2 Å². The smallest absolute Gasteiger partial charge is 0.119 e. The summed E-state index contributed by atoms with van der Waals surface area (Å²) in [5, 5.41) is 3.41. The molecule has 0 amide bonds. The van der Waals surface area contributed by atoms with Crippen molar-refractivity contribution in [3.05, 3.63) is 42.5 Å². The zero-order chi connectivity index (χ0) is 14.4. The van der Waals surface area contributed by atoms with Crippen molar-refractivity contribution in [2.45, 2.75) is 32.4 Å². The van der Waals surface area contributed by atoms with Crippen molar-refractivity contribution in [3.63, 3.8) is 0 Å². The van der Waals surface area contributed by atoms with Crippen LogP contribution in [0.1, 0.15) is 31.9 Å². The second-order valence-corrected chi connectivity index (χ2v) is 5.56. The van der Waals surface area contributed by atoms with E-state index in [0.717, 1.165) is 38.3 Å². The molecular formula is C17H26N2O. The molecule has 0 aliphatic carbocycles. The predicted octanol–water partition coefficient (Wildman–Crippen LogP) is 3.00. The SMILES string of the molecule is C=CC[C@@H](c1ccc(OC(C)C)cc1)N1CCNCC1. The topological polar surface area (TPSA) is 24.5 Å². The highest BCUT2D eigenvalue weighted by Crippen LogP contribution is 2.27. The van der Waals surface area contributed by atoms with E-state index in [-0.39, 0.29) is 6.10 Å². The largest absolute Gasteiger partial charge is 0.491 e. The molecule has 1 aromatic rings. The highest BCUT2D eigenvalue weighted by molar-refractivity contribution is 5.29. The van der Waals surface area contributed by atoms with Crippen molar-refractivity contribution in [1.82, 2.24) is 10.2 Å². The molecule has 0 radical (unpaired) electrons. The van der Waals surface area contributed by atoms with E-state index in [4.69, 9.17) is 4.74 Å². The quantitative estimate of drug-likeness (QED) is 0.807. The Kier molecular flexibility index (Phi) is 5.62. The third-order valence-corrected chi connectivity index (χ3v) is 3.62. The van der Waals surface area contributed by atoms with E-state index in [1.165, 1.54) is 5.56 Å². The Labute approximate surface area is 122 Å². The van der Waals surface area contributed by atoms with Crippen LogP contribution < -0.4 is 10.1 Å². The minimum atomic E-state index is 0.220. The van der Waals surface area contributed by atoms with Crippen LogP contribution >= 0.6 is 0 Å². The van der Waals surface area contributed by atoms with Crippen molar-refractivity contribution in [3.8, 4) is 5.75 Å². The van der Waals surface area contributed by atoms with E-state index in [9.17, 15) is 0 Å². The van der Waals surface area contributed by atoms with Crippen molar-refractivity contribution < 1.29 is 4.74 Å². The lowest BCUT2D eigenvalue weighted by Crippen LogP contribution is -2.45. The Hall–Kier alpha value is -1.32. The molecule has 110 valence electrons. The van der Waals surface area contributed by atoms with E-state index in [1.807, 2.05) is 6.08 Å². The van der Waals surface area contributed by atoms with E-state index in [2.05, 4.69) is 54.9 Å². The number of hydrogen-bond acceptors (Lipinski definition) is 3. The average Bonchev–Trinajstić information content (AvgIpc) is 2.46. The average molecular weight is 274 g/mol. The molecule has 1 aliphatic heterocycles. The molecule has 1 aliphatic rings. The van der Waals surface area contributed by atoms with Gasteiger partial charge in [0.1, 0.15) is 5.75 Å². The first kappa shape index (κ1) is 15.1. The summed E-state index contributed by atoms with van der Waals surface area (Å²) in [6, 6.07) is 8.96. The van der Waals surface area contributed by atoms with E-state index in [1.54, 1.807) is 0 Å². The van der Waals surface area contributed by atoms with Gasteiger partial charge in [-0.05, 0) is 38.0 Å². The number of nitrogens with one attached hydrogen (secondary N) is 1. The van der Waals surface area contributed by atoms with Gasteiger partial charge in [-0.25, -0.2) is 0 Å². The van der Waals surface area contributed by atoms with E-state index in [0.29, 0.717) is 6.04 Å². The number of hydrogen-bond donors (Lipinski definition) is 1. The number of benzene rings is 1. The second kappa shape index (κ2) is 7.46. The van der Waals surface area contributed by atoms with Gasteiger partial charge in [-0.1, -0.05) is 18.2 Å². The Bertz CT molecular complexity index is 408. The molecule has 0 saturated carbocycles. The molecule has 1 N–H and O–H groups in total. The van der Waals surface area contributed by atoms with Gasteiger partial charge in [0.2, 0.25) is 0 Å². The van der Waals surface area contributed by atoms with Gasteiger partial charge in [-0.15, -0.1) is 6.58 Å². The first-order chi connectivity index (χ1) is 9.70. The van der Waals surface area contributed by atoms with E-state index >= 15 is 0 Å². The normalized spacial score (nSPS) is 17.9. The van der Waals surface area contributed by atoms with Gasteiger partial charge in [0.15, 0.2) is 0 Å². The molecule has 1 aromatic carbocycles. The highest BCUT2D eigenvalue weighted by Gasteiger charge is 2.20. The van der Waals surface area contributed by atoms with Crippen molar-refractivity contribution in [1.29, 1.82) is 0 Å². The lowest BCUT2D eigenvalue weighted by atomic mass is 10.0. The van der Waals surface area contributed by atoms with Gasteiger partial charge in [0, 0.05) is 32.2 Å². The van der Waals surface area contributed by atoms with Gasteiger partial charge in [0.05, 0.1) is 6.10 Å². The maximum absolute atomic E-state index is 5.71. The van der Waals surface area contributed by atoms with Crippen LogP contribution in [0.2, 0.25) is 0 Å². The molecule has 1 saturated heterocycles. The zero-order valence-corrected chi connectivity index (χ0v) is 12.6. The van der Waals surface area contributed by atoms with Crippen LogP contribution in [0, 0.1) is 0 Å². The third-order valence-electron chi connectivity index (χ3n) is 3.62. The fourth-order valence-electron chi connectivity index (χ4n) is 2.69. The second-order valence-electron chi connectivity index (χ2n) is 5.56. The van der Waals surface area contributed by atoms with Gasteiger partial charge in [-0.2, -0.15) is 0 Å². The van der Waals surface area contributed by atoms with Crippen molar-refractivity contribution >= 4 is 0 Å². The maximum Gasteiger partial charge on any atom is 0.119 e. The van der Waals surface area contributed by atoms with Crippen molar-refractivity contribution in [2.24, 2.45) is 0 Å².